The van der Waals surface area contributed by atoms with Crippen molar-refractivity contribution in [3.8, 4) is 0 Å². The first kappa shape index (κ1) is 13.0. The molecule has 5 heteroatoms. The number of hydrogen-bond acceptors (Lipinski definition) is 5. The van der Waals surface area contributed by atoms with E-state index in [9.17, 15) is 0 Å². The van der Waals surface area contributed by atoms with Crippen LogP contribution in [0.3, 0.4) is 0 Å². The fourth-order valence-electron chi connectivity index (χ4n) is 2.18. The van der Waals surface area contributed by atoms with Crippen LogP contribution in [-0.4, -0.2) is 45.0 Å². The minimum absolute atomic E-state index is 0.228. The van der Waals surface area contributed by atoms with E-state index in [1.165, 1.54) is 5.01 Å². The smallest absolute Gasteiger partial charge is 0.0931 e. The molecule has 2 heterocycles. The first-order chi connectivity index (χ1) is 8.35. The number of nitrogens with zero attached hydrogens (tertiary/aromatic N) is 1. The minimum atomic E-state index is 0.228. The van der Waals surface area contributed by atoms with Crippen molar-refractivity contribution in [1.29, 1.82) is 0 Å². The van der Waals surface area contributed by atoms with Gasteiger partial charge in [-0.15, -0.1) is 11.3 Å². The van der Waals surface area contributed by atoms with E-state index in [-0.39, 0.29) is 5.41 Å². The topological polar surface area (TPSA) is 43.4 Å². The molecule has 4 nitrogen and oxygen atoms in total. The monoisotopic (exact) mass is 256 g/mol. The van der Waals surface area contributed by atoms with Crippen LogP contribution >= 0.6 is 11.3 Å². The number of aromatic nitrogens is 1. The summed E-state index contributed by atoms with van der Waals surface area (Å²) in [5.74, 6) is 0. The molecule has 0 radical (unpaired) electrons. The summed E-state index contributed by atoms with van der Waals surface area (Å²) in [7, 11) is 1.73. The van der Waals surface area contributed by atoms with E-state index in [1.807, 2.05) is 11.6 Å². The van der Waals surface area contributed by atoms with Crippen molar-refractivity contribution < 1.29 is 9.47 Å². The molecule has 0 spiro atoms. The van der Waals surface area contributed by atoms with Crippen LogP contribution in [0.5, 0.6) is 0 Å². The molecule has 2 rings (SSSR count). The van der Waals surface area contributed by atoms with Crippen molar-refractivity contribution in [2.75, 3.05) is 40.0 Å². The third-order valence-electron chi connectivity index (χ3n) is 3.18. The lowest BCUT2D eigenvalue weighted by Crippen LogP contribution is -2.38. The maximum absolute atomic E-state index is 5.57. The van der Waals surface area contributed by atoms with Gasteiger partial charge in [-0.3, -0.25) is 0 Å². The molecule has 1 saturated heterocycles. The number of rotatable bonds is 7. The summed E-state index contributed by atoms with van der Waals surface area (Å²) >= 11 is 1.73. The molecular formula is C12H20N2O2S. The normalized spacial score (nSPS) is 24.3. The average molecular weight is 256 g/mol. The number of thiazole rings is 1. The summed E-state index contributed by atoms with van der Waals surface area (Å²) in [5.41, 5.74) is 0.228. The van der Waals surface area contributed by atoms with E-state index in [0.29, 0.717) is 0 Å². The Balaban J connectivity index is 1.86. The van der Waals surface area contributed by atoms with Gasteiger partial charge < -0.3 is 14.8 Å². The highest BCUT2D eigenvalue weighted by molar-refractivity contribution is 7.09. The Morgan fingerprint density at radius 2 is 2.59 bits per heavy atom. The summed E-state index contributed by atoms with van der Waals surface area (Å²) in [6.45, 7) is 4.35. The Kier molecular flexibility index (Phi) is 4.91. The van der Waals surface area contributed by atoms with Gasteiger partial charge in [0.15, 0.2) is 0 Å². The first-order valence-corrected chi connectivity index (χ1v) is 6.88. The second kappa shape index (κ2) is 6.44. The van der Waals surface area contributed by atoms with Crippen LogP contribution in [-0.2, 0) is 15.9 Å². The van der Waals surface area contributed by atoms with Crippen molar-refractivity contribution in [1.82, 2.24) is 10.3 Å². The van der Waals surface area contributed by atoms with Crippen LogP contribution in [0.4, 0.5) is 0 Å². The molecule has 1 aromatic rings. The Morgan fingerprint density at radius 1 is 1.65 bits per heavy atom. The molecular weight excluding hydrogens is 236 g/mol. The average Bonchev–Trinajstić information content (AvgIpc) is 2.98. The van der Waals surface area contributed by atoms with Crippen LogP contribution in [0.15, 0.2) is 11.6 Å². The summed E-state index contributed by atoms with van der Waals surface area (Å²) in [6, 6.07) is 0. The zero-order valence-electron chi connectivity index (χ0n) is 10.3. The molecule has 17 heavy (non-hydrogen) atoms. The van der Waals surface area contributed by atoms with E-state index in [4.69, 9.17) is 9.47 Å². The van der Waals surface area contributed by atoms with E-state index in [1.54, 1.807) is 18.4 Å². The van der Waals surface area contributed by atoms with Crippen LogP contribution in [0.1, 0.15) is 11.4 Å². The Bertz CT molecular complexity index is 310. The van der Waals surface area contributed by atoms with Gasteiger partial charge in [-0.05, 0) is 6.42 Å². The first-order valence-electron chi connectivity index (χ1n) is 6.00. The molecule has 0 bridgehead atoms. The van der Waals surface area contributed by atoms with Gasteiger partial charge >= 0.3 is 0 Å². The third-order valence-corrected chi connectivity index (χ3v) is 3.96. The van der Waals surface area contributed by atoms with E-state index in [2.05, 4.69) is 10.3 Å². The van der Waals surface area contributed by atoms with Crippen LogP contribution < -0.4 is 5.32 Å². The number of hydrogen-bond donors (Lipinski definition) is 1. The lowest BCUT2D eigenvalue weighted by atomic mass is 9.84. The predicted molar refractivity (Wildman–Crippen MR) is 68.4 cm³/mol. The van der Waals surface area contributed by atoms with Crippen LogP contribution in [0.2, 0.25) is 0 Å². The third kappa shape index (κ3) is 3.74. The lowest BCUT2D eigenvalue weighted by Gasteiger charge is -2.26. The SMILES string of the molecule is COCCNCC1(Cc2nccs2)CCOC1. The molecule has 1 unspecified atom stereocenters. The Hall–Kier alpha value is -0.490. The van der Waals surface area contributed by atoms with Crippen LogP contribution in [0.25, 0.3) is 0 Å². The highest BCUT2D eigenvalue weighted by Gasteiger charge is 2.35. The van der Waals surface area contributed by atoms with Gasteiger partial charge in [0.2, 0.25) is 0 Å². The molecule has 1 aliphatic heterocycles. The van der Waals surface area contributed by atoms with Crippen molar-refractivity contribution >= 4 is 11.3 Å². The summed E-state index contributed by atoms with van der Waals surface area (Å²) < 4.78 is 10.6. The van der Waals surface area contributed by atoms with Crippen molar-refractivity contribution in [2.45, 2.75) is 12.8 Å². The quantitative estimate of drug-likeness (QED) is 0.747. The number of ether oxygens (including phenoxy) is 2. The van der Waals surface area contributed by atoms with E-state index in [0.717, 1.165) is 45.8 Å². The molecule has 0 aliphatic carbocycles. The molecule has 1 atom stereocenters. The highest BCUT2D eigenvalue weighted by atomic mass is 32.1. The van der Waals surface area contributed by atoms with Crippen LogP contribution in [0, 0.1) is 5.41 Å². The van der Waals surface area contributed by atoms with Gasteiger partial charge in [0.05, 0.1) is 18.2 Å². The Morgan fingerprint density at radius 3 is 3.24 bits per heavy atom. The van der Waals surface area contributed by atoms with Crippen molar-refractivity contribution in [3.05, 3.63) is 16.6 Å². The second-order valence-electron chi connectivity index (χ2n) is 4.57. The molecule has 1 fully saturated rings. The number of methoxy groups -OCH3 is 1. The maximum Gasteiger partial charge on any atom is 0.0931 e. The Labute approximate surface area is 106 Å². The van der Waals surface area contributed by atoms with Gasteiger partial charge in [0, 0.05) is 50.2 Å². The lowest BCUT2D eigenvalue weighted by molar-refractivity contribution is 0.145. The molecule has 96 valence electrons. The zero-order valence-corrected chi connectivity index (χ0v) is 11.1. The van der Waals surface area contributed by atoms with Gasteiger partial charge in [0.25, 0.3) is 0 Å². The van der Waals surface area contributed by atoms with Gasteiger partial charge in [-0.25, -0.2) is 4.98 Å². The van der Waals surface area contributed by atoms with Crippen molar-refractivity contribution in [3.63, 3.8) is 0 Å². The molecule has 0 saturated carbocycles. The molecule has 1 N–H and O–H groups in total. The summed E-state index contributed by atoms with van der Waals surface area (Å²) in [6.07, 6.45) is 4.01. The molecule has 0 aromatic carbocycles. The summed E-state index contributed by atoms with van der Waals surface area (Å²) in [4.78, 5) is 4.38. The van der Waals surface area contributed by atoms with Gasteiger partial charge in [0.1, 0.15) is 0 Å². The highest BCUT2D eigenvalue weighted by Crippen LogP contribution is 2.32. The molecule has 0 amide bonds. The van der Waals surface area contributed by atoms with E-state index < -0.39 is 0 Å². The van der Waals surface area contributed by atoms with Crippen molar-refractivity contribution in [2.24, 2.45) is 5.41 Å². The summed E-state index contributed by atoms with van der Waals surface area (Å²) in [5, 5.41) is 6.70. The van der Waals surface area contributed by atoms with Gasteiger partial charge in [-0.2, -0.15) is 0 Å². The fraction of sp³-hybridized carbons (Fsp3) is 0.750. The zero-order chi connectivity index (χ0) is 12.0. The largest absolute Gasteiger partial charge is 0.383 e. The number of nitrogens with one attached hydrogen (secondary N) is 1. The molecule has 1 aliphatic rings. The maximum atomic E-state index is 5.57. The fourth-order valence-corrected chi connectivity index (χ4v) is 2.97. The molecule has 1 aromatic heterocycles. The van der Waals surface area contributed by atoms with Gasteiger partial charge in [-0.1, -0.05) is 0 Å². The van der Waals surface area contributed by atoms with E-state index >= 15 is 0 Å². The predicted octanol–water partition coefficient (Wildman–Crippen LogP) is 1.33. The minimum Gasteiger partial charge on any atom is -0.383 e. The standard InChI is InChI=1S/C12H20N2O2S/c1-15-6-3-13-9-12(2-5-16-10-12)8-11-14-4-7-17-11/h4,7,13H,2-3,5-6,8-10H2,1H3. The second-order valence-corrected chi connectivity index (χ2v) is 5.55.